The van der Waals surface area contributed by atoms with E-state index in [-0.39, 0.29) is 22.2 Å². The SMILES string of the molecule is NC(=S)NN(C(=O)c1ccc([N+](=O)[O-])cc1)c1cnccn1. The largest absolute Gasteiger partial charge is 0.375 e. The van der Waals surface area contributed by atoms with Crippen LogP contribution in [0.15, 0.2) is 42.9 Å². The molecule has 0 aliphatic heterocycles. The van der Waals surface area contributed by atoms with Crippen LogP contribution in [0.4, 0.5) is 11.5 Å². The Balaban J connectivity index is 2.33. The number of nitro benzene ring substituents is 1. The molecule has 1 aromatic heterocycles. The van der Waals surface area contributed by atoms with Crippen molar-refractivity contribution in [2.45, 2.75) is 0 Å². The fourth-order valence-electron chi connectivity index (χ4n) is 1.58. The van der Waals surface area contributed by atoms with Gasteiger partial charge in [-0.15, -0.1) is 0 Å². The maximum Gasteiger partial charge on any atom is 0.278 e. The van der Waals surface area contributed by atoms with Gasteiger partial charge in [0.1, 0.15) is 0 Å². The second-order valence-electron chi connectivity index (χ2n) is 3.98. The highest BCUT2D eigenvalue weighted by Gasteiger charge is 2.20. The number of benzene rings is 1. The zero-order valence-electron chi connectivity index (χ0n) is 11.0. The Bertz CT molecular complexity index is 707. The maximum absolute atomic E-state index is 12.5. The molecule has 2 aromatic rings. The first-order chi connectivity index (χ1) is 10.5. The first-order valence-corrected chi connectivity index (χ1v) is 6.31. The summed E-state index contributed by atoms with van der Waals surface area (Å²) in [4.78, 5) is 30.4. The fraction of sp³-hybridized carbons (Fsp3) is 0. The highest BCUT2D eigenvalue weighted by Crippen LogP contribution is 2.15. The monoisotopic (exact) mass is 318 g/mol. The van der Waals surface area contributed by atoms with Crippen LogP contribution in [0.1, 0.15) is 10.4 Å². The minimum atomic E-state index is -0.554. The third-order valence-electron chi connectivity index (χ3n) is 2.53. The van der Waals surface area contributed by atoms with Crippen molar-refractivity contribution in [3.63, 3.8) is 0 Å². The molecule has 1 aromatic carbocycles. The fourth-order valence-corrected chi connectivity index (χ4v) is 1.68. The zero-order chi connectivity index (χ0) is 16.1. The molecule has 0 aliphatic rings. The first-order valence-electron chi connectivity index (χ1n) is 5.90. The Morgan fingerprint density at radius 2 is 2.00 bits per heavy atom. The molecule has 0 atom stereocenters. The van der Waals surface area contributed by atoms with Gasteiger partial charge in [0.15, 0.2) is 10.9 Å². The molecule has 22 heavy (non-hydrogen) atoms. The number of aromatic nitrogens is 2. The molecule has 3 N–H and O–H groups in total. The third kappa shape index (κ3) is 3.49. The average Bonchev–Trinajstić information content (AvgIpc) is 2.52. The van der Waals surface area contributed by atoms with Crippen LogP contribution in [0.2, 0.25) is 0 Å². The highest BCUT2D eigenvalue weighted by molar-refractivity contribution is 7.80. The number of anilines is 1. The maximum atomic E-state index is 12.5. The number of nitrogens with two attached hydrogens (primary N) is 1. The van der Waals surface area contributed by atoms with Crippen molar-refractivity contribution in [1.29, 1.82) is 0 Å². The molecule has 0 bridgehead atoms. The van der Waals surface area contributed by atoms with E-state index < -0.39 is 10.8 Å². The van der Waals surface area contributed by atoms with Gasteiger partial charge in [-0.25, -0.2) is 4.98 Å². The van der Waals surface area contributed by atoms with Crippen molar-refractivity contribution in [1.82, 2.24) is 15.4 Å². The van der Waals surface area contributed by atoms with Crippen molar-refractivity contribution in [2.75, 3.05) is 5.01 Å². The Morgan fingerprint density at radius 1 is 1.32 bits per heavy atom. The molecule has 0 saturated heterocycles. The first kappa shape index (κ1) is 15.3. The van der Waals surface area contributed by atoms with Crippen molar-refractivity contribution in [2.24, 2.45) is 5.73 Å². The molecule has 0 unspecified atom stereocenters. The molecule has 10 heteroatoms. The molecule has 0 radical (unpaired) electrons. The summed E-state index contributed by atoms with van der Waals surface area (Å²) in [7, 11) is 0. The van der Waals surface area contributed by atoms with Crippen molar-refractivity contribution >= 4 is 34.7 Å². The molecular formula is C12H10N6O3S. The van der Waals surface area contributed by atoms with Crippen molar-refractivity contribution in [3.05, 3.63) is 58.5 Å². The molecule has 2 rings (SSSR count). The number of rotatable bonds is 3. The number of carbonyl (C=O) groups excluding carboxylic acids is 1. The van der Waals surface area contributed by atoms with Gasteiger partial charge < -0.3 is 5.73 Å². The van der Waals surface area contributed by atoms with Crippen LogP contribution in [0, 0.1) is 10.1 Å². The molecule has 0 spiro atoms. The number of non-ortho nitro benzene ring substituents is 1. The summed E-state index contributed by atoms with van der Waals surface area (Å²) in [5, 5.41) is 11.5. The number of nitrogens with one attached hydrogen (secondary N) is 1. The average molecular weight is 318 g/mol. The third-order valence-corrected chi connectivity index (χ3v) is 2.62. The zero-order valence-corrected chi connectivity index (χ0v) is 11.9. The normalized spacial score (nSPS) is 9.82. The summed E-state index contributed by atoms with van der Waals surface area (Å²) in [5.74, 6) is -0.359. The number of nitro groups is 1. The van der Waals surface area contributed by atoms with E-state index in [1.165, 1.54) is 42.9 Å². The lowest BCUT2D eigenvalue weighted by Gasteiger charge is -2.21. The lowest BCUT2D eigenvalue weighted by Crippen LogP contribution is -2.49. The van der Waals surface area contributed by atoms with Gasteiger partial charge in [-0.05, 0) is 24.4 Å². The van der Waals surface area contributed by atoms with Crippen LogP contribution in [-0.2, 0) is 0 Å². The number of nitrogens with zero attached hydrogens (tertiary/aromatic N) is 4. The number of carbonyl (C=O) groups is 1. The minimum absolute atomic E-state index is 0.120. The summed E-state index contributed by atoms with van der Waals surface area (Å²) in [5.41, 5.74) is 7.96. The topological polar surface area (TPSA) is 127 Å². The molecule has 112 valence electrons. The van der Waals surface area contributed by atoms with E-state index in [1.807, 2.05) is 0 Å². The molecule has 0 fully saturated rings. The van der Waals surface area contributed by atoms with Gasteiger partial charge >= 0.3 is 0 Å². The summed E-state index contributed by atoms with van der Waals surface area (Å²) < 4.78 is 0. The second kappa shape index (κ2) is 6.54. The van der Waals surface area contributed by atoms with Crippen LogP contribution >= 0.6 is 12.2 Å². The Kier molecular flexibility index (Phi) is 4.53. The highest BCUT2D eigenvalue weighted by atomic mass is 32.1. The lowest BCUT2D eigenvalue weighted by atomic mass is 10.2. The number of hydrazine groups is 1. The second-order valence-corrected chi connectivity index (χ2v) is 4.42. The molecule has 0 saturated carbocycles. The van der Waals surface area contributed by atoms with E-state index in [1.54, 1.807) is 0 Å². The van der Waals surface area contributed by atoms with Gasteiger partial charge in [0.05, 0.1) is 11.1 Å². The number of amides is 1. The van der Waals surface area contributed by atoms with Crippen LogP contribution in [0.3, 0.4) is 0 Å². The van der Waals surface area contributed by atoms with E-state index in [9.17, 15) is 14.9 Å². The van der Waals surface area contributed by atoms with Gasteiger partial charge in [0.25, 0.3) is 11.6 Å². The summed E-state index contributed by atoms with van der Waals surface area (Å²) in [6, 6.07) is 5.10. The van der Waals surface area contributed by atoms with E-state index >= 15 is 0 Å². The van der Waals surface area contributed by atoms with Crippen LogP contribution in [0.25, 0.3) is 0 Å². The van der Waals surface area contributed by atoms with Crippen LogP contribution in [-0.4, -0.2) is 25.9 Å². The number of thiocarbonyl (C=S) groups is 1. The van der Waals surface area contributed by atoms with Crippen molar-refractivity contribution in [3.8, 4) is 0 Å². The molecule has 0 aliphatic carbocycles. The molecular weight excluding hydrogens is 308 g/mol. The predicted molar refractivity (Wildman–Crippen MR) is 81.9 cm³/mol. The quantitative estimate of drug-likeness (QED) is 0.483. The Labute approximate surface area is 129 Å². The van der Waals surface area contributed by atoms with Gasteiger partial charge in [-0.2, -0.15) is 5.01 Å². The number of hydrogen-bond acceptors (Lipinski definition) is 6. The summed E-state index contributed by atoms with van der Waals surface area (Å²) in [6.07, 6.45) is 4.18. The van der Waals surface area contributed by atoms with E-state index in [2.05, 4.69) is 15.4 Å². The van der Waals surface area contributed by atoms with Crippen molar-refractivity contribution < 1.29 is 9.72 Å². The molecule has 9 nitrogen and oxygen atoms in total. The minimum Gasteiger partial charge on any atom is -0.375 e. The number of hydrogen-bond donors (Lipinski definition) is 2. The summed E-state index contributed by atoms with van der Waals surface area (Å²) in [6.45, 7) is 0. The van der Waals surface area contributed by atoms with Gasteiger partial charge in [-0.1, -0.05) is 0 Å². The van der Waals surface area contributed by atoms with Gasteiger partial charge in [0, 0.05) is 30.1 Å². The van der Waals surface area contributed by atoms with Crippen LogP contribution < -0.4 is 16.2 Å². The standard InChI is InChI=1S/C12H10N6O3S/c13-12(22)16-17(10-7-14-5-6-15-10)11(19)8-1-3-9(4-2-8)18(20)21/h1-7H,(H3,13,16,22). The van der Waals surface area contributed by atoms with Gasteiger partial charge in [0.2, 0.25) is 0 Å². The Morgan fingerprint density at radius 3 is 2.50 bits per heavy atom. The summed E-state index contributed by atoms with van der Waals surface area (Å²) >= 11 is 4.73. The predicted octanol–water partition coefficient (Wildman–Crippen LogP) is 0.780. The van der Waals surface area contributed by atoms with E-state index in [0.29, 0.717) is 0 Å². The Hall–Kier alpha value is -3.14. The van der Waals surface area contributed by atoms with E-state index in [4.69, 9.17) is 18.0 Å². The smallest absolute Gasteiger partial charge is 0.278 e. The van der Waals surface area contributed by atoms with Crippen LogP contribution in [0.5, 0.6) is 0 Å². The molecule has 1 amide bonds. The van der Waals surface area contributed by atoms with E-state index in [0.717, 1.165) is 5.01 Å². The van der Waals surface area contributed by atoms with Gasteiger partial charge in [-0.3, -0.25) is 25.3 Å². The molecule has 1 heterocycles. The lowest BCUT2D eigenvalue weighted by molar-refractivity contribution is -0.384.